The number of halogens is 1. The highest BCUT2D eigenvalue weighted by Gasteiger charge is 2.10. The molecule has 0 aliphatic rings. The second kappa shape index (κ2) is 4.49. The lowest BCUT2D eigenvalue weighted by molar-refractivity contribution is 0.958. The van der Waals surface area contributed by atoms with Crippen LogP contribution >= 0.6 is 15.9 Å². The monoisotopic (exact) mass is 314 g/mol. The number of nitrogens with zero attached hydrogens (tertiary/aromatic N) is 2. The van der Waals surface area contributed by atoms with Crippen LogP contribution in [0.15, 0.2) is 40.9 Å². The Labute approximate surface area is 121 Å². The van der Waals surface area contributed by atoms with E-state index in [-0.39, 0.29) is 0 Å². The fourth-order valence-electron chi connectivity index (χ4n) is 2.30. The summed E-state index contributed by atoms with van der Waals surface area (Å²) in [4.78, 5) is 4.74. The average Bonchev–Trinajstić information content (AvgIpc) is 2.70. The summed E-state index contributed by atoms with van der Waals surface area (Å²) in [5, 5.41) is 0. The molecule has 0 amide bonds. The van der Waals surface area contributed by atoms with Gasteiger partial charge in [0, 0.05) is 17.1 Å². The molecule has 0 aliphatic heterocycles. The van der Waals surface area contributed by atoms with E-state index in [4.69, 9.17) is 4.98 Å². The Balaban J connectivity index is 2.24. The maximum Gasteiger partial charge on any atom is 0.140 e. The molecule has 19 heavy (non-hydrogen) atoms. The lowest BCUT2D eigenvalue weighted by Gasteiger charge is -2.05. The van der Waals surface area contributed by atoms with E-state index in [1.807, 2.05) is 12.1 Å². The first-order valence-corrected chi connectivity index (χ1v) is 7.05. The van der Waals surface area contributed by atoms with Crippen molar-refractivity contribution in [3.8, 4) is 11.4 Å². The minimum absolute atomic E-state index is 1.01. The topological polar surface area (TPSA) is 17.8 Å². The minimum atomic E-state index is 1.01. The first kappa shape index (κ1) is 12.4. The van der Waals surface area contributed by atoms with Crippen molar-refractivity contribution in [2.24, 2.45) is 7.05 Å². The second-order valence-electron chi connectivity index (χ2n) is 4.93. The minimum Gasteiger partial charge on any atom is -0.327 e. The van der Waals surface area contributed by atoms with Crippen molar-refractivity contribution in [2.75, 3.05) is 0 Å². The van der Waals surface area contributed by atoms with Crippen LogP contribution in [-0.2, 0) is 7.05 Å². The Kier molecular flexibility index (Phi) is 2.94. The molecule has 3 aromatic rings. The van der Waals surface area contributed by atoms with Crippen LogP contribution in [0, 0.1) is 13.8 Å². The summed E-state index contributed by atoms with van der Waals surface area (Å²) in [5.41, 5.74) is 5.94. The molecule has 0 atom stereocenters. The van der Waals surface area contributed by atoms with Crippen LogP contribution in [-0.4, -0.2) is 9.55 Å². The molecule has 0 aliphatic carbocycles. The summed E-state index contributed by atoms with van der Waals surface area (Å²) in [6.07, 6.45) is 0. The van der Waals surface area contributed by atoms with Gasteiger partial charge in [-0.15, -0.1) is 0 Å². The predicted octanol–water partition coefficient (Wildman–Crippen LogP) is 4.62. The van der Waals surface area contributed by atoms with Gasteiger partial charge in [0.05, 0.1) is 11.0 Å². The molecular weight excluding hydrogens is 300 g/mol. The third-order valence-electron chi connectivity index (χ3n) is 3.61. The molecule has 96 valence electrons. The van der Waals surface area contributed by atoms with Gasteiger partial charge in [0.25, 0.3) is 0 Å². The van der Waals surface area contributed by atoms with E-state index < -0.39 is 0 Å². The molecule has 0 unspecified atom stereocenters. The third-order valence-corrected chi connectivity index (χ3v) is 4.10. The summed E-state index contributed by atoms with van der Waals surface area (Å²) >= 11 is 3.51. The first-order valence-electron chi connectivity index (χ1n) is 6.26. The lowest BCUT2D eigenvalue weighted by atomic mass is 10.1. The van der Waals surface area contributed by atoms with Gasteiger partial charge in [0.2, 0.25) is 0 Å². The van der Waals surface area contributed by atoms with Crippen LogP contribution in [0.4, 0.5) is 0 Å². The highest BCUT2D eigenvalue weighted by molar-refractivity contribution is 9.10. The maximum atomic E-state index is 4.74. The zero-order valence-electron chi connectivity index (χ0n) is 11.2. The van der Waals surface area contributed by atoms with E-state index in [0.29, 0.717) is 0 Å². The Morgan fingerprint density at radius 2 is 1.79 bits per heavy atom. The van der Waals surface area contributed by atoms with Crippen LogP contribution in [0.5, 0.6) is 0 Å². The SMILES string of the molecule is Cc1ccc(-c2nc3ccc(Br)cc3n2C)cc1C. The number of benzene rings is 2. The number of hydrogen-bond acceptors (Lipinski definition) is 1. The molecule has 2 aromatic carbocycles. The van der Waals surface area contributed by atoms with E-state index in [0.717, 1.165) is 26.9 Å². The predicted molar refractivity (Wildman–Crippen MR) is 83.3 cm³/mol. The second-order valence-corrected chi connectivity index (χ2v) is 5.84. The normalized spacial score (nSPS) is 11.2. The van der Waals surface area contributed by atoms with E-state index in [1.54, 1.807) is 0 Å². The molecule has 0 spiro atoms. The van der Waals surface area contributed by atoms with Gasteiger partial charge >= 0.3 is 0 Å². The van der Waals surface area contributed by atoms with Crippen molar-refractivity contribution < 1.29 is 0 Å². The Morgan fingerprint density at radius 1 is 1.00 bits per heavy atom. The number of rotatable bonds is 1. The summed E-state index contributed by atoms with van der Waals surface area (Å²) in [6, 6.07) is 12.7. The van der Waals surface area contributed by atoms with E-state index >= 15 is 0 Å². The van der Waals surface area contributed by atoms with Crippen LogP contribution in [0.3, 0.4) is 0 Å². The van der Waals surface area contributed by atoms with Crippen molar-refractivity contribution in [3.63, 3.8) is 0 Å². The molecule has 0 saturated heterocycles. The van der Waals surface area contributed by atoms with E-state index in [2.05, 4.69) is 65.7 Å². The number of hydrogen-bond donors (Lipinski definition) is 0. The smallest absolute Gasteiger partial charge is 0.140 e. The first-order chi connectivity index (χ1) is 9.06. The number of aryl methyl sites for hydroxylation is 3. The van der Waals surface area contributed by atoms with Crippen LogP contribution in [0.25, 0.3) is 22.4 Å². The molecule has 3 heteroatoms. The quantitative estimate of drug-likeness (QED) is 0.641. The van der Waals surface area contributed by atoms with Crippen molar-refractivity contribution in [1.82, 2.24) is 9.55 Å². The fraction of sp³-hybridized carbons (Fsp3) is 0.188. The number of aromatic nitrogens is 2. The molecule has 1 aromatic heterocycles. The maximum absolute atomic E-state index is 4.74. The molecule has 0 bridgehead atoms. The largest absolute Gasteiger partial charge is 0.327 e. The fourth-order valence-corrected chi connectivity index (χ4v) is 2.65. The van der Waals surface area contributed by atoms with Crippen molar-refractivity contribution in [1.29, 1.82) is 0 Å². The highest BCUT2D eigenvalue weighted by Crippen LogP contribution is 2.27. The zero-order chi connectivity index (χ0) is 13.6. The highest BCUT2D eigenvalue weighted by atomic mass is 79.9. The summed E-state index contributed by atoms with van der Waals surface area (Å²) < 4.78 is 3.22. The van der Waals surface area contributed by atoms with Gasteiger partial charge in [-0.05, 0) is 49.2 Å². The Bertz CT molecular complexity index is 772. The average molecular weight is 315 g/mol. The van der Waals surface area contributed by atoms with Gasteiger partial charge in [0.15, 0.2) is 0 Å². The van der Waals surface area contributed by atoms with Crippen LogP contribution in [0.1, 0.15) is 11.1 Å². The lowest BCUT2D eigenvalue weighted by Crippen LogP contribution is -1.93. The third kappa shape index (κ3) is 2.08. The summed E-state index contributed by atoms with van der Waals surface area (Å²) in [6.45, 7) is 4.27. The molecule has 0 saturated carbocycles. The molecular formula is C16H15BrN2. The van der Waals surface area contributed by atoms with Crippen LogP contribution in [0.2, 0.25) is 0 Å². The van der Waals surface area contributed by atoms with Crippen LogP contribution < -0.4 is 0 Å². The standard InChI is InChI=1S/C16H15BrN2/c1-10-4-5-12(8-11(10)2)16-18-14-7-6-13(17)9-15(14)19(16)3/h4-9H,1-3H3. The van der Waals surface area contributed by atoms with Gasteiger partial charge in [-0.1, -0.05) is 28.1 Å². The number of imidazole rings is 1. The Hall–Kier alpha value is -1.61. The van der Waals surface area contributed by atoms with Gasteiger partial charge in [-0.3, -0.25) is 0 Å². The molecule has 0 radical (unpaired) electrons. The van der Waals surface area contributed by atoms with Crippen molar-refractivity contribution in [3.05, 3.63) is 52.0 Å². The Morgan fingerprint density at radius 3 is 2.53 bits per heavy atom. The summed E-state index contributed by atoms with van der Waals surface area (Å²) in [5.74, 6) is 1.01. The molecule has 2 nitrogen and oxygen atoms in total. The molecule has 1 heterocycles. The molecule has 3 rings (SSSR count). The molecule has 0 N–H and O–H groups in total. The van der Waals surface area contributed by atoms with E-state index in [1.165, 1.54) is 11.1 Å². The van der Waals surface area contributed by atoms with Crippen molar-refractivity contribution in [2.45, 2.75) is 13.8 Å². The zero-order valence-corrected chi connectivity index (χ0v) is 12.8. The van der Waals surface area contributed by atoms with E-state index in [9.17, 15) is 0 Å². The van der Waals surface area contributed by atoms with Crippen molar-refractivity contribution >= 4 is 27.0 Å². The van der Waals surface area contributed by atoms with Gasteiger partial charge < -0.3 is 4.57 Å². The van der Waals surface area contributed by atoms with Gasteiger partial charge in [-0.2, -0.15) is 0 Å². The van der Waals surface area contributed by atoms with Gasteiger partial charge in [-0.25, -0.2) is 4.98 Å². The number of fused-ring (bicyclic) bond motifs is 1. The van der Waals surface area contributed by atoms with Gasteiger partial charge in [0.1, 0.15) is 5.82 Å². The summed E-state index contributed by atoms with van der Waals surface area (Å²) in [7, 11) is 2.06. The molecule has 0 fully saturated rings.